The lowest BCUT2D eigenvalue weighted by atomic mass is 9.75. The molecule has 2 aliphatic rings. The third-order valence-electron chi connectivity index (χ3n) is 4.64. The van der Waals surface area contributed by atoms with E-state index >= 15 is 0 Å². The quantitative estimate of drug-likeness (QED) is 0.833. The topological polar surface area (TPSA) is 83.5 Å². The standard InChI is InChI=1S/C15H19NO4S/c17-14(18)11-5-4-6-12-13(11)16-9-15(10-21(12,19)20)7-2-1-3-8-15/h4-6,16H,1-3,7-10H2,(H,17,18). The second-order valence-electron chi connectivity index (χ2n) is 6.16. The first kappa shape index (κ1) is 14.4. The minimum atomic E-state index is -3.47. The lowest BCUT2D eigenvalue weighted by molar-refractivity contribution is 0.0697. The second-order valence-corrected chi connectivity index (χ2v) is 8.12. The van der Waals surface area contributed by atoms with E-state index in [1.165, 1.54) is 18.2 Å². The Morgan fingerprint density at radius 1 is 1.19 bits per heavy atom. The Morgan fingerprint density at radius 3 is 2.57 bits per heavy atom. The van der Waals surface area contributed by atoms with Crippen LogP contribution in [0.25, 0.3) is 0 Å². The molecule has 0 aromatic heterocycles. The first-order valence-corrected chi connectivity index (χ1v) is 8.92. The van der Waals surface area contributed by atoms with Crippen molar-refractivity contribution in [3.63, 3.8) is 0 Å². The molecule has 1 aromatic rings. The molecule has 1 aliphatic heterocycles. The van der Waals surface area contributed by atoms with Crippen molar-refractivity contribution in [3.05, 3.63) is 23.8 Å². The van der Waals surface area contributed by atoms with Crippen molar-refractivity contribution in [2.75, 3.05) is 17.6 Å². The third kappa shape index (κ3) is 2.52. The van der Waals surface area contributed by atoms with Crippen molar-refractivity contribution >= 4 is 21.5 Å². The smallest absolute Gasteiger partial charge is 0.337 e. The monoisotopic (exact) mass is 309 g/mol. The molecule has 1 aliphatic carbocycles. The van der Waals surface area contributed by atoms with Gasteiger partial charge in [0, 0.05) is 12.0 Å². The van der Waals surface area contributed by atoms with E-state index in [-0.39, 0.29) is 27.3 Å². The molecule has 1 aromatic carbocycles. The first-order chi connectivity index (χ1) is 9.94. The van der Waals surface area contributed by atoms with E-state index in [1.807, 2.05) is 0 Å². The van der Waals surface area contributed by atoms with Crippen LogP contribution < -0.4 is 5.32 Å². The van der Waals surface area contributed by atoms with Crippen molar-refractivity contribution in [2.24, 2.45) is 5.41 Å². The number of fused-ring (bicyclic) bond motifs is 1. The fourth-order valence-corrected chi connectivity index (χ4v) is 5.71. The van der Waals surface area contributed by atoms with Crippen LogP contribution in [0.15, 0.2) is 23.1 Å². The Hall–Kier alpha value is -1.56. The van der Waals surface area contributed by atoms with Gasteiger partial charge in [0.05, 0.1) is 21.9 Å². The molecule has 21 heavy (non-hydrogen) atoms. The number of hydrogen-bond acceptors (Lipinski definition) is 4. The number of rotatable bonds is 1. The van der Waals surface area contributed by atoms with Gasteiger partial charge in [0.15, 0.2) is 9.84 Å². The van der Waals surface area contributed by atoms with Crippen LogP contribution in [0.4, 0.5) is 5.69 Å². The van der Waals surface area contributed by atoms with E-state index in [4.69, 9.17) is 0 Å². The molecule has 0 radical (unpaired) electrons. The van der Waals surface area contributed by atoms with Gasteiger partial charge < -0.3 is 10.4 Å². The highest BCUT2D eigenvalue weighted by atomic mass is 32.2. The van der Waals surface area contributed by atoms with E-state index in [9.17, 15) is 18.3 Å². The van der Waals surface area contributed by atoms with Crippen LogP contribution in [0, 0.1) is 5.41 Å². The van der Waals surface area contributed by atoms with E-state index < -0.39 is 15.8 Å². The first-order valence-electron chi connectivity index (χ1n) is 7.27. The van der Waals surface area contributed by atoms with Crippen molar-refractivity contribution in [1.29, 1.82) is 0 Å². The summed E-state index contributed by atoms with van der Waals surface area (Å²) >= 11 is 0. The van der Waals surface area contributed by atoms with Gasteiger partial charge in [-0.15, -0.1) is 0 Å². The molecule has 6 heteroatoms. The second kappa shape index (κ2) is 5.02. The molecule has 0 unspecified atom stereocenters. The van der Waals surface area contributed by atoms with Crippen LogP contribution >= 0.6 is 0 Å². The molecule has 0 bridgehead atoms. The van der Waals surface area contributed by atoms with Gasteiger partial charge in [-0.25, -0.2) is 13.2 Å². The molecule has 1 saturated carbocycles. The summed E-state index contributed by atoms with van der Waals surface area (Å²) in [5.74, 6) is -0.988. The Balaban J connectivity index is 2.09. The van der Waals surface area contributed by atoms with Crippen LogP contribution in [-0.4, -0.2) is 31.8 Å². The summed E-state index contributed by atoms with van der Waals surface area (Å²) in [5.41, 5.74) is 0.0303. The average Bonchev–Trinajstić information content (AvgIpc) is 2.55. The molecule has 1 heterocycles. The summed E-state index contributed by atoms with van der Waals surface area (Å²) in [7, 11) is -3.47. The predicted octanol–water partition coefficient (Wildman–Crippen LogP) is 2.53. The number of aromatic carboxylic acids is 1. The zero-order valence-corrected chi connectivity index (χ0v) is 12.6. The van der Waals surface area contributed by atoms with Crippen LogP contribution in [0.5, 0.6) is 0 Å². The van der Waals surface area contributed by atoms with Crippen LogP contribution in [-0.2, 0) is 9.84 Å². The van der Waals surface area contributed by atoms with Crippen molar-refractivity contribution in [2.45, 2.75) is 37.0 Å². The van der Waals surface area contributed by atoms with E-state index in [1.54, 1.807) is 0 Å². The van der Waals surface area contributed by atoms with Crippen LogP contribution in [0.1, 0.15) is 42.5 Å². The predicted molar refractivity (Wildman–Crippen MR) is 79.5 cm³/mol. The number of benzene rings is 1. The summed E-state index contributed by atoms with van der Waals surface area (Å²) < 4.78 is 25.4. The zero-order chi connectivity index (χ0) is 15.1. The van der Waals surface area contributed by atoms with Gasteiger partial charge in [0.2, 0.25) is 0 Å². The van der Waals surface area contributed by atoms with Gasteiger partial charge in [-0.3, -0.25) is 0 Å². The Kier molecular flexibility index (Phi) is 3.43. The molecule has 2 N–H and O–H groups in total. The molecular formula is C15H19NO4S. The lowest BCUT2D eigenvalue weighted by Crippen LogP contribution is -2.36. The number of sulfone groups is 1. The molecular weight excluding hydrogens is 290 g/mol. The summed E-state index contributed by atoms with van der Waals surface area (Å²) in [6.07, 6.45) is 5.00. The van der Waals surface area contributed by atoms with Crippen molar-refractivity contribution in [1.82, 2.24) is 0 Å². The summed E-state index contributed by atoms with van der Waals surface area (Å²) in [6, 6.07) is 4.45. The van der Waals surface area contributed by atoms with E-state index in [0.29, 0.717) is 6.54 Å². The molecule has 5 nitrogen and oxygen atoms in total. The maximum Gasteiger partial charge on any atom is 0.337 e. The Labute approximate surface area is 124 Å². The molecule has 0 saturated heterocycles. The molecule has 1 spiro atoms. The lowest BCUT2D eigenvalue weighted by Gasteiger charge is -2.35. The van der Waals surface area contributed by atoms with Gasteiger partial charge in [-0.2, -0.15) is 0 Å². The summed E-state index contributed by atoms with van der Waals surface area (Å²) in [6.45, 7) is 0.531. The molecule has 0 amide bonds. The largest absolute Gasteiger partial charge is 0.478 e. The zero-order valence-electron chi connectivity index (χ0n) is 11.8. The maximum absolute atomic E-state index is 12.7. The fourth-order valence-electron chi connectivity index (χ4n) is 3.58. The Morgan fingerprint density at radius 2 is 1.90 bits per heavy atom. The number of para-hydroxylation sites is 1. The highest BCUT2D eigenvalue weighted by Crippen LogP contribution is 2.42. The van der Waals surface area contributed by atoms with Crippen molar-refractivity contribution in [3.8, 4) is 0 Å². The number of carboxylic acid groups (broad SMARTS) is 1. The third-order valence-corrected chi connectivity index (χ3v) is 6.65. The van der Waals surface area contributed by atoms with E-state index in [2.05, 4.69) is 5.32 Å². The molecule has 114 valence electrons. The van der Waals surface area contributed by atoms with Crippen LogP contribution in [0.2, 0.25) is 0 Å². The van der Waals surface area contributed by atoms with Gasteiger partial charge in [-0.05, 0) is 25.0 Å². The highest BCUT2D eigenvalue weighted by molar-refractivity contribution is 7.91. The van der Waals surface area contributed by atoms with Crippen molar-refractivity contribution < 1.29 is 18.3 Å². The minimum Gasteiger partial charge on any atom is -0.478 e. The van der Waals surface area contributed by atoms with Gasteiger partial charge in [0.25, 0.3) is 0 Å². The minimum absolute atomic E-state index is 0.0314. The van der Waals surface area contributed by atoms with Gasteiger partial charge in [-0.1, -0.05) is 25.3 Å². The van der Waals surface area contributed by atoms with Crippen LogP contribution in [0.3, 0.4) is 0 Å². The number of carbonyl (C=O) groups is 1. The average molecular weight is 309 g/mol. The molecule has 0 atom stereocenters. The molecule has 1 fully saturated rings. The SMILES string of the molecule is O=C(O)c1cccc2c1NCC1(CCCCC1)CS2(=O)=O. The van der Waals surface area contributed by atoms with Gasteiger partial charge >= 0.3 is 5.97 Å². The number of carboxylic acids is 1. The number of hydrogen-bond donors (Lipinski definition) is 2. The van der Waals surface area contributed by atoms with Gasteiger partial charge in [0.1, 0.15) is 0 Å². The summed E-state index contributed by atoms with van der Waals surface area (Å²) in [5, 5.41) is 12.4. The maximum atomic E-state index is 12.7. The van der Waals surface area contributed by atoms with E-state index in [0.717, 1.165) is 32.1 Å². The number of anilines is 1. The summed E-state index contributed by atoms with van der Waals surface area (Å²) in [4.78, 5) is 11.5. The highest BCUT2D eigenvalue weighted by Gasteiger charge is 2.41. The normalized spacial score (nSPS) is 22.9. The fraction of sp³-hybridized carbons (Fsp3) is 0.533. The number of nitrogens with one attached hydrogen (secondary N) is 1. The Bertz CT molecular complexity index is 675. The molecule has 3 rings (SSSR count).